The van der Waals surface area contributed by atoms with Gasteiger partial charge in [-0.05, 0) is 37.1 Å². The van der Waals surface area contributed by atoms with E-state index in [4.69, 9.17) is 4.98 Å². The van der Waals surface area contributed by atoms with Crippen LogP contribution in [0.5, 0.6) is 0 Å². The first kappa shape index (κ1) is 20.6. The Balaban J connectivity index is 1.43. The minimum Gasteiger partial charge on any atom is -0.310 e. The first-order chi connectivity index (χ1) is 16.0. The maximum atomic E-state index is 12.9. The van der Waals surface area contributed by atoms with Crippen LogP contribution in [0.1, 0.15) is 17.5 Å². The Labute approximate surface area is 190 Å². The fourth-order valence-electron chi connectivity index (χ4n) is 4.03. The van der Waals surface area contributed by atoms with Gasteiger partial charge in [-0.2, -0.15) is 0 Å². The molecule has 1 amide bonds. The molecule has 0 bridgehead atoms. The maximum absolute atomic E-state index is 12.9. The molecule has 0 atom stereocenters. The van der Waals surface area contributed by atoms with Crippen LogP contribution in [0.25, 0.3) is 27.8 Å². The monoisotopic (exact) mass is 437 g/mol. The molecule has 0 fully saturated rings. The molecule has 0 aliphatic carbocycles. The normalized spacial score (nSPS) is 11.2. The highest BCUT2D eigenvalue weighted by Crippen LogP contribution is 2.29. The lowest BCUT2D eigenvalue weighted by molar-refractivity contribution is -0.116. The van der Waals surface area contributed by atoms with Crippen LogP contribution in [0, 0.1) is 13.8 Å². The highest BCUT2D eigenvalue weighted by Gasteiger charge is 2.17. The van der Waals surface area contributed by atoms with Crippen LogP contribution in [0.3, 0.4) is 0 Å². The summed E-state index contributed by atoms with van der Waals surface area (Å²) >= 11 is 0. The number of anilines is 1. The summed E-state index contributed by atoms with van der Waals surface area (Å²) in [5.74, 6) is 0.413. The summed E-state index contributed by atoms with van der Waals surface area (Å²) in [6.45, 7) is 4.15. The Morgan fingerprint density at radius 1 is 0.970 bits per heavy atom. The third-order valence-corrected chi connectivity index (χ3v) is 5.79. The number of benzene rings is 2. The second kappa shape index (κ2) is 8.35. The number of pyridine rings is 1. The Kier molecular flexibility index (Phi) is 5.22. The molecular weight excluding hydrogens is 414 g/mol. The van der Waals surface area contributed by atoms with Gasteiger partial charge in [-0.1, -0.05) is 48.5 Å². The second-order valence-corrected chi connectivity index (χ2v) is 8.07. The van der Waals surface area contributed by atoms with Gasteiger partial charge in [0.2, 0.25) is 5.91 Å². The smallest absolute Gasteiger partial charge is 0.261 e. The third-order valence-electron chi connectivity index (χ3n) is 5.79. The fraction of sp³-hybridized carbons (Fsp3) is 0.154. The van der Waals surface area contributed by atoms with Crippen LogP contribution in [0.15, 0.2) is 78.0 Å². The molecule has 3 aromatic heterocycles. The number of carbonyl (C=O) groups is 1. The van der Waals surface area contributed by atoms with E-state index in [-0.39, 0.29) is 24.4 Å². The summed E-state index contributed by atoms with van der Waals surface area (Å²) in [5.41, 5.74) is 4.92. The Morgan fingerprint density at radius 3 is 2.58 bits per heavy atom. The molecule has 0 spiro atoms. The molecule has 5 aromatic rings. The number of fused-ring (bicyclic) bond motifs is 2. The minimum atomic E-state index is -0.202. The first-order valence-electron chi connectivity index (χ1n) is 10.8. The number of hydrogen-bond donors (Lipinski definition) is 1. The molecule has 2 aromatic carbocycles. The van der Waals surface area contributed by atoms with E-state index in [1.165, 1.54) is 10.9 Å². The van der Waals surface area contributed by atoms with Gasteiger partial charge in [0.15, 0.2) is 0 Å². The molecule has 3 heterocycles. The maximum Gasteiger partial charge on any atom is 0.261 e. The zero-order valence-electron chi connectivity index (χ0n) is 18.4. The van der Waals surface area contributed by atoms with Gasteiger partial charge in [-0.25, -0.2) is 9.97 Å². The van der Waals surface area contributed by atoms with Gasteiger partial charge in [0.05, 0.1) is 17.2 Å². The van der Waals surface area contributed by atoms with Crippen LogP contribution < -0.4 is 10.9 Å². The minimum absolute atomic E-state index is 0.131. The van der Waals surface area contributed by atoms with Crippen LogP contribution in [0.4, 0.5) is 5.82 Å². The summed E-state index contributed by atoms with van der Waals surface area (Å²) in [7, 11) is 0. The quantitative estimate of drug-likeness (QED) is 0.443. The van der Waals surface area contributed by atoms with Crippen molar-refractivity contribution in [2.45, 2.75) is 26.8 Å². The van der Waals surface area contributed by atoms with Gasteiger partial charge >= 0.3 is 0 Å². The van der Waals surface area contributed by atoms with Gasteiger partial charge in [0.1, 0.15) is 17.2 Å². The van der Waals surface area contributed by atoms with E-state index in [2.05, 4.69) is 10.3 Å². The molecule has 7 nitrogen and oxygen atoms in total. The SMILES string of the molecule is Cc1cccc2c(=O)n(CCC(=O)Nc3c(-c4ccccc4)nc4c(C)cccn34)cnc12. The Morgan fingerprint density at radius 2 is 1.76 bits per heavy atom. The molecule has 0 saturated heterocycles. The average molecular weight is 438 g/mol. The second-order valence-electron chi connectivity index (χ2n) is 8.07. The molecular formula is C26H23N5O2. The molecule has 0 radical (unpaired) electrons. The van der Waals surface area contributed by atoms with Crippen molar-refractivity contribution in [3.8, 4) is 11.3 Å². The molecule has 5 rings (SSSR count). The lowest BCUT2D eigenvalue weighted by Gasteiger charge is -2.10. The highest BCUT2D eigenvalue weighted by atomic mass is 16.2. The van der Waals surface area contributed by atoms with Gasteiger partial charge in [-0.3, -0.25) is 18.6 Å². The predicted molar refractivity (Wildman–Crippen MR) is 129 cm³/mol. The largest absolute Gasteiger partial charge is 0.310 e. The lowest BCUT2D eigenvalue weighted by Crippen LogP contribution is -2.24. The zero-order chi connectivity index (χ0) is 22.9. The molecule has 7 heteroatoms. The van der Waals surface area contributed by atoms with E-state index < -0.39 is 0 Å². The summed E-state index contributed by atoms with van der Waals surface area (Å²) in [5, 5.41) is 3.58. The number of aromatic nitrogens is 4. The predicted octanol–water partition coefficient (Wildman–Crippen LogP) is 4.36. The van der Waals surface area contributed by atoms with E-state index in [9.17, 15) is 9.59 Å². The van der Waals surface area contributed by atoms with Crippen LogP contribution in [0.2, 0.25) is 0 Å². The fourth-order valence-corrected chi connectivity index (χ4v) is 4.03. The number of amides is 1. The van der Waals surface area contributed by atoms with E-state index in [1.54, 1.807) is 6.07 Å². The number of aryl methyl sites for hydroxylation is 3. The molecule has 0 aliphatic rings. The lowest BCUT2D eigenvalue weighted by atomic mass is 10.1. The standard InChI is InChI=1S/C26H23N5O2/c1-17-8-6-12-20-22(17)27-16-30(26(20)33)15-13-21(32)28-25-23(19-10-4-3-5-11-19)29-24-18(2)9-7-14-31(24)25/h3-12,14,16H,13,15H2,1-2H3,(H,28,32). The van der Waals surface area contributed by atoms with Crippen LogP contribution in [-0.4, -0.2) is 24.8 Å². The van der Waals surface area contributed by atoms with E-state index in [0.717, 1.165) is 22.3 Å². The summed E-state index contributed by atoms with van der Waals surface area (Å²) < 4.78 is 3.38. The van der Waals surface area contributed by atoms with Crippen molar-refractivity contribution in [1.82, 2.24) is 18.9 Å². The van der Waals surface area contributed by atoms with Gasteiger partial charge in [-0.15, -0.1) is 0 Å². The number of carbonyl (C=O) groups excluding carboxylic acids is 1. The van der Waals surface area contributed by atoms with Crippen molar-refractivity contribution in [2.24, 2.45) is 0 Å². The Hall–Kier alpha value is -4.26. The van der Waals surface area contributed by atoms with Crippen molar-refractivity contribution < 1.29 is 4.79 Å². The zero-order valence-corrected chi connectivity index (χ0v) is 18.4. The molecule has 33 heavy (non-hydrogen) atoms. The first-order valence-corrected chi connectivity index (χ1v) is 10.8. The van der Waals surface area contributed by atoms with Crippen LogP contribution in [-0.2, 0) is 11.3 Å². The number of nitrogens with one attached hydrogen (secondary N) is 1. The molecule has 0 saturated carbocycles. The average Bonchev–Trinajstić information content (AvgIpc) is 3.19. The van der Waals surface area contributed by atoms with Crippen molar-refractivity contribution in [2.75, 3.05) is 5.32 Å². The van der Waals surface area contributed by atoms with E-state index in [0.29, 0.717) is 22.4 Å². The molecule has 164 valence electrons. The topological polar surface area (TPSA) is 81.3 Å². The van der Waals surface area contributed by atoms with Crippen molar-refractivity contribution in [3.63, 3.8) is 0 Å². The number of imidazole rings is 1. The third kappa shape index (κ3) is 3.78. The number of rotatable bonds is 5. The van der Waals surface area contributed by atoms with E-state index >= 15 is 0 Å². The van der Waals surface area contributed by atoms with Gasteiger partial charge in [0.25, 0.3) is 5.56 Å². The van der Waals surface area contributed by atoms with Crippen molar-refractivity contribution >= 4 is 28.3 Å². The van der Waals surface area contributed by atoms with Crippen molar-refractivity contribution in [3.05, 3.63) is 94.7 Å². The van der Waals surface area contributed by atoms with Gasteiger partial charge in [0, 0.05) is 24.7 Å². The molecule has 0 unspecified atom stereocenters. The summed E-state index contributed by atoms with van der Waals surface area (Å²) in [6, 6.07) is 19.2. The number of hydrogen-bond acceptors (Lipinski definition) is 4. The van der Waals surface area contributed by atoms with Gasteiger partial charge < -0.3 is 5.32 Å². The summed E-state index contributed by atoms with van der Waals surface area (Å²) in [6.07, 6.45) is 3.53. The molecule has 1 N–H and O–H groups in total. The Bertz CT molecular complexity index is 1550. The van der Waals surface area contributed by atoms with Crippen LogP contribution >= 0.6 is 0 Å². The number of nitrogens with zero attached hydrogens (tertiary/aromatic N) is 4. The summed E-state index contributed by atoms with van der Waals surface area (Å²) in [4.78, 5) is 35.0. The van der Waals surface area contributed by atoms with E-state index in [1.807, 2.05) is 79.0 Å². The molecule has 0 aliphatic heterocycles. The highest BCUT2D eigenvalue weighted by molar-refractivity contribution is 5.94. The number of para-hydroxylation sites is 1. The van der Waals surface area contributed by atoms with Crippen molar-refractivity contribution in [1.29, 1.82) is 0 Å².